The maximum absolute atomic E-state index is 14.2. The van der Waals surface area contributed by atoms with Crippen LogP contribution in [-0.4, -0.2) is 64.5 Å². The van der Waals surface area contributed by atoms with Crippen molar-refractivity contribution in [3.05, 3.63) is 0 Å². The van der Waals surface area contributed by atoms with Crippen LogP contribution in [0.1, 0.15) is 44.9 Å². The van der Waals surface area contributed by atoms with Crippen LogP contribution in [0.2, 0.25) is 0 Å². The minimum Gasteiger partial charge on any atom is -0.479 e. The molecule has 6 nitrogen and oxygen atoms in total. The van der Waals surface area contributed by atoms with Gasteiger partial charge in [0.2, 0.25) is 17.5 Å². The quantitative estimate of drug-likeness (QED) is 0.843. The van der Waals surface area contributed by atoms with Gasteiger partial charge in [0.25, 0.3) is 0 Å². The number of carboxylic acid groups (broad SMARTS) is 1. The Balaban J connectivity index is 1.70. The number of carbonyl (C=O) groups excluding carboxylic acids is 2. The molecule has 3 fully saturated rings. The summed E-state index contributed by atoms with van der Waals surface area (Å²) in [7, 11) is 0. The van der Waals surface area contributed by atoms with Crippen LogP contribution in [0.3, 0.4) is 0 Å². The van der Waals surface area contributed by atoms with E-state index in [1.54, 1.807) is 0 Å². The summed E-state index contributed by atoms with van der Waals surface area (Å²) in [6, 6.07) is 0. The van der Waals surface area contributed by atoms with Crippen LogP contribution in [0.25, 0.3) is 0 Å². The molecule has 3 rings (SSSR count). The molecule has 0 aromatic rings. The number of carboxylic acids is 1. The molecule has 134 valence electrons. The molecule has 0 bridgehead atoms. The molecule has 7 heteroatoms. The average Bonchev–Trinajstić information content (AvgIpc) is 3.24. The van der Waals surface area contributed by atoms with Gasteiger partial charge in [0.15, 0.2) is 0 Å². The summed E-state index contributed by atoms with van der Waals surface area (Å²) in [4.78, 5) is 39.8. The number of hydrogen-bond donors (Lipinski definition) is 1. The van der Waals surface area contributed by atoms with Crippen LogP contribution < -0.4 is 0 Å². The number of amides is 2. The van der Waals surface area contributed by atoms with Crippen molar-refractivity contribution in [1.82, 2.24) is 9.80 Å². The summed E-state index contributed by atoms with van der Waals surface area (Å²) in [6.07, 6.45) is 4.97. The van der Waals surface area contributed by atoms with Crippen molar-refractivity contribution in [3.8, 4) is 0 Å². The Hall–Kier alpha value is -1.66. The number of nitrogens with zero attached hydrogens (tertiary/aromatic N) is 2. The Bertz CT molecular complexity index is 535. The van der Waals surface area contributed by atoms with Gasteiger partial charge in [0.05, 0.1) is 6.54 Å². The van der Waals surface area contributed by atoms with E-state index in [1.807, 2.05) is 4.90 Å². The van der Waals surface area contributed by atoms with E-state index in [9.17, 15) is 18.8 Å². The lowest BCUT2D eigenvalue weighted by Crippen LogP contribution is -2.47. The standard InChI is InChI=1S/C17H25FN2O4/c18-17(16(23)24)7-10-20(11-17)15(22)13-6-2-1-5-12(13)14(21)19-8-3-4-9-19/h12-13H,1-11H2,(H,23,24). The molecule has 3 unspecified atom stereocenters. The summed E-state index contributed by atoms with van der Waals surface area (Å²) in [6.45, 7) is 1.23. The SMILES string of the molecule is O=C(C1CCCCC1C(=O)N1CCC(F)(C(=O)O)C1)N1CCCC1. The molecule has 1 aliphatic carbocycles. The first-order chi connectivity index (χ1) is 11.4. The molecule has 1 saturated carbocycles. The zero-order valence-electron chi connectivity index (χ0n) is 13.9. The largest absolute Gasteiger partial charge is 0.479 e. The van der Waals surface area contributed by atoms with Crippen molar-refractivity contribution in [2.45, 2.75) is 50.6 Å². The fraction of sp³-hybridized carbons (Fsp3) is 0.824. The zero-order chi connectivity index (χ0) is 17.3. The Morgan fingerprint density at radius 2 is 1.42 bits per heavy atom. The molecule has 1 N–H and O–H groups in total. The Morgan fingerprint density at radius 1 is 0.875 bits per heavy atom. The number of rotatable bonds is 3. The van der Waals surface area contributed by atoms with Crippen LogP contribution in [0.4, 0.5) is 4.39 Å². The minimum absolute atomic E-state index is 0.0505. The Kier molecular flexibility index (Phi) is 4.78. The lowest BCUT2D eigenvalue weighted by Gasteiger charge is -2.34. The number of halogens is 1. The Labute approximate surface area is 141 Å². The van der Waals surface area contributed by atoms with E-state index >= 15 is 0 Å². The maximum atomic E-state index is 14.2. The van der Waals surface area contributed by atoms with Crippen LogP contribution in [0, 0.1) is 11.8 Å². The lowest BCUT2D eigenvalue weighted by atomic mass is 9.77. The second kappa shape index (κ2) is 6.69. The van der Waals surface area contributed by atoms with Gasteiger partial charge in [-0.1, -0.05) is 12.8 Å². The van der Waals surface area contributed by atoms with E-state index in [1.165, 1.54) is 4.90 Å². The lowest BCUT2D eigenvalue weighted by molar-refractivity contribution is -0.152. The highest BCUT2D eigenvalue weighted by molar-refractivity contribution is 5.89. The number of aliphatic carboxylic acids is 1. The first-order valence-electron chi connectivity index (χ1n) is 8.92. The normalized spacial score (nSPS) is 33.7. The minimum atomic E-state index is -2.35. The van der Waals surface area contributed by atoms with Crippen molar-refractivity contribution < 1.29 is 23.9 Å². The first-order valence-corrected chi connectivity index (χ1v) is 8.92. The van der Waals surface area contributed by atoms with Gasteiger partial charge >= 0.3 is 5.97 Å². The van der Waals surface area contributed by atoms with E-state index in [2.05, 4.69) is 0 Å². The van der Waals surface area contributed by atoms with Crippen molar-refractivity contribution in [2.75, 3.05) is 26.2 Å². The molecule has 0 radical (unpaired) electrons. The average molecular weight is 340 g/mol. The third kappa shape index (κ3) is 3.13. The zero-order valence-corrected chi connectivity index (χ0v) is 13.9. The molecule has 2 saturated heterocycles. The van der Waals surface area contributed by atoms with Crippen molar-refractivity contribution >= 4 is 17.8 Å². The second-order valence-corrected chi connectivity index (χ2v) is 7.31. The molecule has 2 aliphatic heterocycles. The van der Waals surface area contributed by atoms with E-state index in [0.717, 1.165) is 38.8 Å². The highest BCUT2D eigenvalue weighted by Gasteiger charge is 2.49. The molecule has 0 aromatic carbocycles. The first kappa shape index (κ1) is 17.2. The van der Waals surface area contributed by atoms with E-state index < -0.39 is 24.1 Å². The van der Waals surface area contributed by atoms with Gasteiger partial charge in [-0.2, -0.15) is 0 Å². The molecular formula is C17H25FN2O4. The molecule has 0 spiro atoms. The molecule has 0 aromatic heterocycles. The van der Waals surface area contributed by atoms with Crippen molar-refractivity contribution in [3.63, 3.8) is 0 Å². The van der Waals surface area contributed by atoms with E-state index in [4.69, 9.17) is 5.11 Å². The van der Waals surface area contributed by atoms with E-state index in [0.29, 0.717) is 12.8 Å². The number of likely N-dealkylation sites (tertiary alicyclic amines) is 2. The van der Waals surface area contributed by atoms with Gasteiger partial charge in [-0.3, -0.25) is 9.59 Å². The van der Waals surface area contributed by atoms with Crippen molar-refractivity contribution in [1.29, 1.82) is 0 Å². The summed E-state index contributed by atoms with van der Waals surface area (Å²) >= 11 is 0. The summed E-state index contributed by atoms with van der Waals surface area (Å²) < 4.78 is 14.2. The molecule has 3 aliphatic rings. The predicted octanol–water partition coefficient (Wildman–Crippen LogP) is 1.44. The number of carbonyl (C=O) groups is 3. The molecule has 2 amide bonds. The molecule has 2 heterocycles. The molecule has 3 atom stereocenters. The van der Waals surface area contributed by atoms with Gasteiger partial charge in [0, 0.05) is 37.9 Å². The summed E-state index contributed by atoms with van der Waals surface area (Å²) in [5.74, 6) is -2.46. The van der Waals surface area contributed by atoms with Gasteiger partial charge in [0.1, 0.15) is 0 Å². The smallest absolute Gasteiger partial charge is 0.343 e. The Morgan fingerprint density at radius 3 is 1.92 bits per heavy atom. The maximum Gasteiger partial charge on any atom is 0.343 e. The van der Waals surface area contributed by atoms with Gasteiger partial charge in [-0.05, 0) is 25.7 Å². The molecular weight excluding hydrogens is 315 g/mol. The molecule has 24 heavy (non-hydrogen) atoms. The fourth-order valence-electron chi connectivity index (χ4n) is 4.26. The second-order valence-electron chi connectivity index (χ2n) is 7.31. The topological polar surface area (TPSA) is 77.9 Å². The number of hydrogen-bond acceptors (Lipinski definition) is 3. The van der Waals surface area contributed by atoms with Gasteiger partial charge in [-0.15, -0.1) is 0 Å². The monoisotopic (exact) mass is 340 g/mol. The van der Waals surface area contributed by atoms with Crippen LogP contribution in [-0.2, 0) is 14.4 Å². The highest BCUT2D eigenvalue weighted by Crippen LogP contribution is 2.36. The summed E-state index contributed by atoms with van der Waals surface area (Å²) in [5, 5.41) is 8.99. The summed E-state index contributed by atoms with van der Waals surface area (Å²) in [5.41, 5.74) is -2.35. The third-order valence-corrected chi connectivity index (χ3v) is 5.73. The van der Waals surface area contributed by atoms with Crippen molar-refractivity contribution in [2.24, 2.45) is 11.8 Å². The predicted molar refractivity (Wildman–Crippen MR) is 83.9 cm³/mol. The van der Waals surface area contributed by atoms with Crippen LogP contribution >= 0.6 is 0 Å². The van der Waals surface area contributed by atoms with E-state index in [-0.39, 0.29) is 30.7 Å². The highest BCUT2D eigenvalue weighted by atomic mass is 19.1. The van der Waals surface area contributed by atoms with Gasteiger partial charge < -0.3 is 14.9 Å². The van der Waals surface area contributed by atoms with Gasteiger partial charge in [-0.25, -0.2) is 9.18 Å². The van der Waals surface area contributed by atoms with Crippen LogP contribution in [0.5, 0.6) is 0 Å². The third-order valence-electron chi connectivity index (χ3n) is 5.73. The van der Waals surface area contributed by atoms with Crippen LogP contribution in [0.15, 0.2) is 0 Å². The fourth-order valence-corrected chi connectivity index (χ4v) is 4.26. The number of alkyl halides is 1.